The van der Waals surface area contributed by atoms with E-state index in [9.17, 15) is 0 Å². The van der Waals surface area contributed by atoms with Crippen LogP contribution >= 0.6 is 11.8 Å². The van der Waals surface area contributed by atoms with Crippen LogP contribution in [-0.4, -0.2) is 16.2 Å². The standard InChI is InChI=1S/C23H26N4S/c1-16-6-8-20(9-7-16)27-21-19(15-25-22-24-13-10-17(2)26-22)14-23(18(3)28-21)11-4-5-12-23/h6-10,13,15,27H,3-5,11-12,14H2,1-2H3. The lowest BCUT2D eigenvalue weighted by atomic mass is 9.79. The van der Waals surface area contributed by atoms with E-state index in [1.165, 1.54) is 41.7 Å². The number of hydrogen-bond acceptors (Lipinski definition) is 5. The molecule has 1 N–H and O–H groups in total. The first-order chi connectivity index (χ1) is 13.5. The first-order valence-corrected chi connectivity index (χ1v) is 10.6. The van der Waals surface area contributed by atoms with Crippen LogP contribution < -0.4 is 5.32 Å². The molecular weight excluding hydrogens is 364 g/mol. The summed E-state index contributed by atoms with van der Waals surface area (Å²) in [5.41, 5.74) is 4.68. The molecule has 28 heavy (non-hydrogen) atoms. The van der Waals surface area contributed by atoms with E-state index >= 15 is 0 Å². The molecule has 1 spiro atoms. The highest BCUT2D eigenvalue weighted by molar-refractivity contribution is 8.07. The molecule has 1 aliphatic heterocycles. The Labute approximate surface area is 171 Å². The Kier molecular flexibility index (Phi) is 5.36. The first-order valence-electron chi connectivity index (χ1n) is 9.82. The summed E-state index contributed by atoms with van der Waals surface area (Å²) < 4.78 is 0. The van der Waals surface area contributed by atoms with Crippen LogP contribution in [0.2, 0.25) is 0 Å². The Balaban J connectivity index is 1.67. The molecule has 0 unspecified atom stereocenters. The number of thioether (sulfide) groups is 1. The van der Waals surface area contributed by atoms with Gasteiger partial charge in [0.05, 0.1) is 5.03 Å². The highest BCUT2D eigenvalue weighted by Gasteiger charge is 2.41. The van der Waals surface area contributed by atoms with Crippen LogP contribution in [-0.2, 0) is 0 Å². The van der Waals surface area contributed by atoms with Crippen molar-refractivity contribution in [2.45, 2.75) is 46.0 Å². The Morgan fingerprint density at radius 1 is 1.14 bits per heavy atom. The summed E-state index contributed by atoms with van der Waals surface area (Å²) in [4.78, 5) is 14.5. The van der Waals surface area contributed by atoms with Gasteiger partial charge in [-0.1, -0.05) is 48.9 Å². The Morgan fingerprint density at radius 2 is 1.89 bits per heavy atom. The summed E-state index contributed by atoms with van der Waals surface area (Å²) >= 11 is 1.77. The SMILES string of the molecule is C=C1SC(Nc2ccc(C)cc2)=C(C=Nc2nccc(C)n2)CC12CCCC2. The molecule has 0 saturated heterocycles. The third-order valence-electron chi connectivity index (χ3n) is 5.63. The molecule has 1 aromatic carbocycles. The number of hydrogen-bond donors (Lipinski definition) is 1. The molecule has 1 aromatic heterocycles. The second kappa shape index (κ2) is 7.92. The van der Waals surface area contributed by atoms with Gasteiger partial charge in [-0.05, 0) is 56.2 Å². The van der Waals surface area contributed by atoms with Crippen LogP contribution in [0.1, 0.15) is 43.4 Å². The van der Waals surface area contributed by atoms with E-state index < -0.39 is 0 Å². The molecule has 2 aliphatic rings. The lowest BCUT2D eigenvalue weighted by molar-refractivity contribution is 0.388. The van der Waals surface area contributed by atoms with Gasteiger partial charge in [0.25, 0.3) is 0 Å². The second-order valence-corrected chi connectivity index (χ2v) is 8.90. The molecule has 4 nitrogen and oxygen atoms in total. The molecule has 1 fully saturated rings. The normalized spacial score (nSPS) is 19.0. The Morgan fingerprint density at radius 3 is 2.61 bits per heavy atom. The van der Waals surface area contributed by atoms with Crippen molar-refractivity contribution in [1.29, 1.82) is 0 Å². The predicted octanol–water partition coefficient (Wildman–Crippen LogP) is 6.33. The fourth-order valence-corrected chi connectivity index (χ4v) is 5.12. The van der Waals surface area contributed by atoms with Gasteiger partial charge < -0.3 is 5.32 Å². The van der Waals surface area contributed by atoms with Crippen molar-refractivity contribution in [3.63, 3.8) is 0 Å². The number of nitrogens with zero attached hydrogens (tertiary/aromatic N) is 3. The Hall–Kier alpha value is -2.40. The number of aliphatic imine (C=N–C) groups is 1. The summed E-state index contributed by atoms with van der Waals surface area (Å²) in [6, 6.07) is 10.4. The van der Waals surface area contributed by atoms with E-state index in [1.807, 2.05) is 19.2 Å². The van der Waals surface area contributed by atoms with E-state index in [0.717, 1.165) is 22.8 Å². The highest BCUT2D eigenvalue weighted by Crippen LogP contribution is 2.56. The van der Waals surface area contributed by atoms with Crippen molar-refractivity contribution in [2.24, 2.45) is 10.4 Å². The van der Waals surface area contributed by atoms with Crippen LogP contribution in [0.15, 0.2) is 63.6 Å². The van der Waals surface area contributed by atoms with E-state index in [1.54, 1.807) is 18.0 Å². The maximum atomic E-state index is 4.59. The van der Waals surface area contributed by atoms with E-state index in [2.05, 4.69) is 58.0 Å². The number of aromatic nitrogens is 2. The molecule has 2 heterocycles. The number of benzene rings is 1. The van der Waals surface area contributed by atoms with Crippen molar-refractivity contribution in [1.82, 2.24) is 9.97 Å². The van der Waals surface area contributed by atoms with Gasteiger partial charge in [0, 0.05) is 34.8 Å². The maximum absolute atomic E-state index is 4.59. The summed E-state index contributed by atoms with van der Waals surface area (Å²) in [7, 11) is 0. The largest absolute Gasteiger partial charge is 0.350 e. The summed E-state index contributed by atoms with van der Waals surface area (Å²) in [6.07, 6.45) is 9.68. The highest BCUT2D eigenvalue weighted by atomic mass is 32.2. The molecule has 0 amide bonds. The van der Waals surface area contributed by atoms with Crippen molar-refractivity contribution in [3.8, 4) is 0 Å². The molecule has 144 valence electrons. The van der Waals surface area contributed by atoms with Crippen LogP contribution in [0.25, 0.3) is 0 Å². The van der Waals surface area contributed by atoms with Gasteiger partial charge in [-0.2, -0.15) is 0 Å². The topological polar surface area (TPSA) is 50.2 Å². The van der Waals surface area contributed by atoms with Crippen molar-refractivity contribution < 1.29 is 0 Å². The maximum Gasteiger partial charge on any atom is 0.249 e. The van der Waals surface area contributed by atoms with Gasteiger partial charge in [-0.15, -0.1) is 0 Å². The third kappa shape index (κ3) is 4.04. The monoisotopic (exact) mass is 390 g/mol. The van der Waals surface area contributed by atoms with Gasteiger partial charge in [0.15, 0.2) is 0 Å². The van der Waals surface area contributed by atoms with Gasteiger partial charge >= 0.3 is 0 Å². The molecule has 0 bridgehead atoms. The molecule has 0 radical (unpaired) electrons. The van der Waals surface area contributed by atoms with Gasteiger partial charge in [-0.3, -0.25) is 0 Å². The molecule has 0 atom stereocenters. The van der Waals surface area contributed by atoms with Gasteiger partial charge in [-0.25, -0.2) is 15.0 Å². The van der Waals surface area contributed by atoms with Crippen molar-refractivity contribution in [2.75, 3.05) is 5.32 Å². The molecule has 2 aromatic rings. The number of anilines is 1. The van der Waals surface area contributed by atoms with E-state index in [0.29, 0.717) is 5.95 Å². The van der Waals surface area contributed by atoms with E-state index in [4.69, 9.17) is 0 Å². The zero-order chi connectivity index (χ0) is 19.6. The summed E-state index contributed by atoms with van der Waals surface area (Å²) in [5.74, 6) is 0.511. The lowest BCUT2D eigenvalue weighted by Gasteiger charge is -2.37. The summed E-state index contributed by atoms with van der Waals surface area (Å²) in [6.45, 7) is 8.50. The fraction of sp³-hybridized carbons (Fsp3) is 0.348. The minimum Gasteiger partial charge on any atom is -0.350 e. The average molecular weight is 391 g/mol. The minimum atomic E-state index is 0.206. The molecule has 1 aliphatic carbocycles. The van der Waals surface area contributed by atoms with E-state index in [-0.39, 0.29) is 5.41 Å². The zero-order valence-electron chi connectivity index (χ0n) is 16.5. The van der Waals surface area contributed by atoms with Gasteiger partial charge in [0.1, 0.15) is 0 Å². The quantitative estimate of drug-likeness (QED) is 0.620. The minimum absolute atomic E-state index is 0.206. The van der Waals surface area contributed by atoms with Gasteiger partial charge in [0.2, 0.25) is 5.95 Å². The smallest absolute Gasteiger partial charge is 0.249 e. The van der Waals surface area contributed by atoms with Crippen molar-refractivity contribution >= 4 is 29.6 Å². The van der Waals surface area contributed by atoms with Crippen molar-refractivity contribution in [3.05, 3.63) is 69.9 Å². The number of allylic oxidation sites excluding steroid dienone is 2. The Bertz CT molecular complexity index is 937. The number of rotatable bonds is 4. The first kappa shape index (κ1) is 18.9. The third-order valence-corrected chi connectivity index (χ3v) is 6.87. The van der Waals surface area contributed by atoms with Crippen LogP contribution in [0.5, 0.6) is 0 Å². The molecule has 5 heteroatoms. The number of nitrogens with one attached hydrogen (secondary N) is 1. The fourth-order valence-electron chi connectivity index (χ4n) is 3.96. The summed E-state index contributed by atoms with van der Waals surface area (Å²) in [5, 5.41) is 4.71. The number of aryl methyl sites for hydroxylation is 2. The molecule has 4 rings (SSSR count). The predicted molar refractivity (Wildman–Crippen MR) is 119 cm³/mol. The van der Waals surface area contributed by atoms with Crippen LogP contribution in [0, 0.1) is 19.3 Å². The molecular formula is C23H26N4S. The van der Waals surface area contributed by atoms with Crippen LogP contribution in [0.3, 0.4) is 0 Å². The average Bonchev–Trinajstić information content (AvgIpc) is 3.15. The second-order valence-electron chi connectivity index (χ2n) is 7.79. The zero-order valence-corrected chi connectivity index (χ0v) is 17.4. The lowest BCUT2D eigenvalue weighted by Crippen LogP contribution is -2.24. The van der Waals surface area contributed by atoms with Crippen LogP contribution in [0.4, 0.5) is 11.6 Å². The molecule has 1 saturated carbocycles.